The molecular formula is C71H126O6. The minimum absolute atomic E-state index is 0.0742. The van der Waals surface area contributed by atoms with E-state index < -0.39 is 6.10 Å². The van der Waals surface area contributed by atoms with Gasteiger partial charge in [0.1, 0.15) is 13.2 Å². The normalized spacial score (nSPS) is 12.5. The summed E-state index contributed by atoms with van der Waals surface area (Å²) in [7, 11) is 0. The number of ether oxygens (including phenoxy) is 3. The molecule has 1 unspecified atom stereocenters. The second kappa shape index (κ2) is 65.4. The first-order chi connectivity index (χ1) is 38.0. The Morgan fingerprint density at radius 1 is 0.273 bits per heavy atom. The molecule has 0 aliphatic rings. The number of unbranched alkanes of at least 4 members (excludes halogenated alkanes) is 38. The van der Waals surface area contributed by atoms with Crippen LogP contribution < -0.4 is 0 Å². The largest absolute Gasteiger partial charge is 0.462 e. The quantitative estimate of drug-likeness (QED) is 0.0261. The fourth-order valence-electron chi connectivity index (χ4n) is 9.70. The zero-order chi connectivity index (χ0) is 55.7. The highest BCUT2D eigenvalue weighted by Gasteiger charge is 2.19. The lowest BCUT2D eigenvalue weighted by Crippen LogP contribution is -2.30. The predicted octanol–water partition coefficient (Wildman–Crippen LogP) is 22.9. The van der Waals surface area contributed by atoms with Crippen molar-refractivity contribution < 1.29 is 28.6 Å². The molecule has 0 saturated carbocycles. The Bertz CT molecular complexity index is 1420. The van der Waals surface area contributed by atoms with Gasteiger partial charge < -0.3 is 14.2 Å². The summed E-state index contributed by atoms with van der Waals surface area (Å²) in [4.78, 5) is 38.3. The molecule has 446 valence electrons. The Labute approximate surface area is 478 Å². The highest BCUT2D eigenvalue weighted by molar-refractivity contribution is 5.71. The second-order valence-corrected chi connectivity index (χ2v) is 22.4. The average Bonchev–Trinajstić information content (AvgIpc) is 3.43. The maximum Gasteiger partial charge on any atom is 0.306 e. The molecule has 0 aromatic carbocycles. The maximum atomic E-state index is 12.9. The smallest absolute Gasteiger partial charge is 0.306 e. The highest BCUT2D eigenvalue weighted by atomic mass is 16.6. The van der Waals surface area contributed by atoms with Gasteiger partial charge in [-0.1, -0.05) is 306 Å². The molecule has 0 aliphatic heterocycles. The van der Waals surface area contributed by atoms with Crippen molar-refractivity contribution in [2.24, 2.45) is 0 Å². The number of rotatable bonds is 61. The van der Waals surface area contributed by atoms with Gasteiger partial charge in [0.05, 0.1) is 0 Å². The van der Waals surface area contributed by atoms with Gasteiger partial charge in [0.2, 0.25) is 0 Å². The Hall–Kier alpha value is -3.15. The van der Waals surface area contributed by atoms with Crippen molar-refractivity contribution in [1.29, 1.82) is 0 Å². The van der Waals surface area contributed by atoms with Crippen LogP contribution in [-0.4, -0.2) is 37.2 Å². The lowest BCUT2D eigenvalue weighted by molar-refractivity contribution is -0.167. The van der Waals surface area contributed by atoms with Gasteiger partial charge in [-0.15, -0.1) is 0 Å². The molecule has 0 amide bonds. The maximum absolute atomic E-state index is 12.9. The Balaban J connectivity index is 4.23. The van der Waals surface area contributed by atoms with E-state index in [4.69, 9.17) is 14.2 Å². The lowest BCUT2D eigenvalue weighted by Gasteiger charge is -2.18. The second-order valence-electron chi connectivity index (χ2n) is 22.4. The van der Waals surface area contributed by atoms with Gasteiger partial charge in [-0.3, -0.25) is 14.4 Å². The molecule has 0 aromatic heterocycles. The molecule has 77 heavy (non-hydrogen) atoms. The summed E-state index contributed by atoms with van der Waals surface area (Å²) in [5.74, 6) is -0.865. The van der Waals surface area contributed by atoms with Gasteiger partial charge in [0, 0.05) is 19.3 Å². The Morgan fingerprint density at radius 3 is 0.818 bits per heavy atom. The van der Waals surface area contributed by atoms with Gasteiger partial charge in [0.15, 0.2) is 6.10 Å². The summed E-state index contributed by atoms with van der Waals surface area (Å²) in [6, 6.07) is 0. The van der Waals surface area contributed by atoms with Crippen LogP contribution in [0.5, 0.6) is 0 Å². The first-order valence-electron chi connectivity index (χ1n) is 33.4. The fourth-order valence-corrected chi connectivity index (χ4v) is 9.70. The summed E-state index contributed by atoms with van der Waals surface area (Å²) in [5.41, 5.74) is 0. The lowest BCUT2D eigenvalue weighted by atomic mass is 10.0. The third kappa shape index (κ3) is 63.6. The molecule has 1 atom stereocenters. The van der Waals surface area contributed by atoms with Crippen molar-refractivity contribution >= 4 is 17.9 Å². The van der Waals surface area contributed by atoms with Crippen LogP contribution in [0.15, 0.2) is 72.9 Å². The predicted molar refractivity (Wildman–Crippen MR) is 335 cm³/mol. The van der Waals surface area contributed by atoms with Gasteiger partial charge in [-0.2, -0.15) is 0 Å². The number of carbonyl (C=O) groups excluding carboxylic acids is 3. The summed E-state index contributed by atoms with van der Waals surface area (Å²) < 4.78 is 16.9. The van der Waals surface area contributed by atoms with Gasteiger partial charge in [-0.05, 0) is 89.9 Å². The van der Waals surface area contributed by atoms with E-state index in [1.807, 2.05) is 0 Å². The van der Waals surface area contributed by atoms with Crippen LogP contribution >= 0.6 is 0 Å². The SMILES string of the molecule is CC/C=C\C/C=C\C/C=C\C/C=C\C/C=C\CCCCCCCCCCCCCCCC(=O)OCC(COC(=O)CCCCCCC/C=C\CCCCCC)OC(=O)CCCCCCCCCCCCCCCCCCC. The van der Waals surface area contributed by atoms with Crippen LogP contribution in [0.2, 0.25) is 0 Å². The molecule has 0 fully saturated rings. The molecule has 0 spiro atoms. The summed E-state index contributed by atoms with van der Waals surface area (Å²) in [5, 5.41) is 0. The number of carbonyl (C=O) groups is 3. The molecule has 0 radical (unpaired) electrons. The van der Waals surface area contributed by atoms with Crippen LogP contribution in [0.1, 0.15) is 342 Å². The van der Waals surface area contributed by atoms with Crippen molar-refractivity contribution in [3.8, 4) is 0 Å². The first kappa shape index (κ1) is 73.8. The molecular weight excluding hydrogens is 949 g/mol. The van der Waals surface area contributed by atoms with E-state index in [2.05, 4.69) is 93.7 Å². The van der Waals surface area contributed by atoms with E-state index in [0.717, 1.165) is 96.3 Å². The van der Waals surface area contributed by atoms with E-state index in [-0.39, 0.29) is 31.1 Å². The molecule has 0 saturated heterocycles. The monoisotopic (exact) mass is 1070 g/mol. The Morgan fingerprint density at radius 2 is 0.506 bits per heavy atom. The fraction of sp³-hybridized carbons (Fsp3) is 0.789. The van der Waals surface area contributed by atoms with Crippen molar-refractivity contribution in [3.05, 3.63) is 72.9 Å². The van der Waals surface area contributed by atoms with Crippen LogP contribution in [0.25, 0.3) is 0 Å². The molecule has 0 aromatic rings. The minimum Gasteiger partial charge on any atom is -0.462 e. The van der Waals surface area contributed by atoms with Gasteiger partial charge >= 0.3 is 17.9 Å². The first-order valence-corrected chi connectivity index (χ1v) is 33.4. The Kier molecular flexibility index (Phi) is 62.7. The third-order valence-corrected chi connectivity index (χ3v) is 14.7. The molecule has 6 heteroatoms. The van der Waals surface area contributed by atoms with Gasteiger partial charge in [0.25, 0.3) is 0 Å². The van der Waals surface area contributed by atoms with Gasteiger partial charge in [-0.25, -0.2) is 0 Å². The van der Waals surface area contributed by atoms with E-state index >= 15 is 0 Å². The van der Waals surface area contributed by atoms with Crippen LogP contribution in [0, 0.1) is 0 Å². The van der Waals surface area contributed by atoms with E-state index in [9.17, 15) is 14.4 Å². The van der Waals surface area contributed by atoms with Crippen molar-refractivity contribution in [2.75, 3.05) is 13.2 Å². The number of esters is 3. The average molecular weight is 1080 g/mol. The number of hydrogen-bond donors (Lipinski definition) is 0. The third-order valence-electron chi connectivity index (χ3n) is 14.7. The molecule has 0 aliphatic carbocycles. The topological polar surface area (TPSA) is 78.9 Å². The zero-order valence-electron chi connectivity index (χ0n) is 51.2. The molecule has 0 heterocycles. The molecule has 6 nitrogen and oxygen atoms in total. The van der Waals surface area contributed by atoms with E-state index in [1.54, 1.807) is 0 Å². The van der Waals surface area contributed by atoms with Crippen molar-refractivity contribution in [3.63, 3.8) is 0 Å². The standard InChI is InChI=1S/C71H126O6/c1-4-7-10-13-16-19-22-25-27-29-30-31-32-33-34-35-36-37-38-39-40-42-43-46-49-52-55-58-61-64-70(73)76-67-68(66-75-69(72)63-60-57-54-51-48-45-24-21-18-15-12-9-6-3)77-71(74)65-62-59-56-53-50-47-44-41-28-26-23-20-17-14-11-8-5-2/h7,10,16,19,21,24-25,27,30-31,33-34,68H,4-6,8-9,11-15,17-18,20,22-23,26,28-29,32,35-67H2,1-3H3/b10-7-,19-16-,24-21-,27-25-,31-30-,34-33-. The summed E-state index contributed by atoms with van der Waals surface area (Å²) >= 11 is 0. The zero-order valence-corrected chi connectivity index (χ0v) is 51.2. The van der Waals surface area contributed by atoms with E-state index in [1.165, 1.54) is 205 Å². The van der Waals surface area contributed by atoms with E-state index in [0.29, 0.717) is 19.3 Å². The summed E-state index contributed by atoms with van der Waals surface area (Å²) in [6.07, 6.45) is 84.9. The number of hydrogen-bond acceptors (Lipinski definition) is 6. The number of allylic oxidation sites excluding steroid dienone is 12. The molecule has 0 rings (SSSR count). The van der Waals surface area contributed by atoms with Crippen LogP contribution in [-0.2, 0) is 28.6 Å². The highest BCUT2D eigenvalue weighted by Crippen LogP contribution is 2.17. The summed E-state index contributed by atoms with van der Waals surface area (Å²) in [6.45, 7) is 6.55. The van der Waals surface area contributed by atoms with Crippen LogP contribution in [0.3, 0.4) is 0 Å². The molecule has 0 bridgehead atoms. The van der Waals surface area contributed by atoms with Crippen molar-refractivity contribution in [2.45, 2.75) is 348 Å². The van der Waals surface area contributed by atoms with Crippen molar-refractivity contribution in [1.82, 2.24) is 0 Å². The van der Waals surface area contributed by atoms with Crippen LogP contribution in [0.4, 0.5) is 0 Å². The minimum atomic E-state index is -0.777. The molecule has 0 N–H and O–H groups in total.